The molecule has 1 aromatic heterocycles. The Bertz CT molecular complexity index is 592. The second-order valence-corrected chi connectivity index (χ2v) is 5.04. The molecular weight excluding hydrogens is 252 g/mol. The Morgan fingerprint density at radius 1 is 1.25 bits per heavy atom. The standard InChI is InChI=1S/C15H18N4O/c20-15(16-10-12-8-9-17-19-12)18-14-7-3-5-11-4-1-2-6-13(11)14/h3,5,7-9H,1-2,4,6,10H2,(H,17,19)(H2,16,18,20). The molecule has 1 heterocycles. The quantitative estimate of drug-likeness (QED) is 0.802. The molecule has 104 valence electrons. The Morgan fingerprint density at radius 3 is 3.00 bits per heavy atom. The molecule has 2 amide bonds. The van der Waals surface area contributed by atoms with Crippen LogP contribution in [0, 0.1) is 0 Å². The number of nitrogens with one attached hydrogen (secondary N) is 3. The van der Waals surface area contributed by atoms with E-state index in [1.807, 2.05) is 18.2 Å². The predicted octanol–water partition coefficient (Wildman–Crippen LogP) is 2.61. The van der Waals surface area contributed by atoms with E-state index in [0.29, 0.717) is 6.54 Å². The maximum Gasteiger partial charge on any atom is 0.319 e. The first-order chi connectivity index (χ1) is 9.83. The molecule has 0 aliphatic heterocycles. The Hall–Kier alpha value is -2.30. The van der Waals surface area contributed by atoms with Gasteiger partial charge in [-0.15, -0.1) is 0 Å². The van der Waals surface area contributed by atoms with Crippen LogP contribution in [0.4, 0.5) is 10.5 Å². The van der Waals surface area contributed by atoms with Gasteiger partial charge in [0.1, 0.15) is 0 Å². The number of amides is 2. The van der Waals surface area contributed by atoms with Gasteiger partial charge in [0.2, 0.25) is 0 Å². The third-order valence-corrected chi connectivity index (χ3v) is 3.64. The van der Waals surface area contributed by atoms with Crippen molar-refractivity contribution < 1.29 is 4.79 Å². The summed E-state index contributed by atoms with van der Waals surface area (Å²) in [5.74, 6) is 0. The maximum absolute atomic E-state index is 11.9. The topological polar surface area (TPSA) is 69.8 Å². The van der Waals surface area contributed by atoms with Crippen LogP contribution in [0.25, 0.3) is 0 Å². The fraction of sp³-hybridized carbons (Fsp3) is 0.333. The number of fused-ring (bicyclic) bond motifs is 1. The van der Waals surface area contributed by atoms with E-state index in [0.717, 1.165) is 24.2 Å². The molecule has 3 rings (SSSR count). The van der Waals surface area contributed by atoms with Crippen molar-refractivity contribution in [1.82, 2.24) is 15.5 Å². The number of carbonyl (C=O) groups excluding carboxylic acids is 1. The third-order valence-electron chi connectivity index (χ3n) is 3.64. The van der Waals surface area contributed by atoms with Crippen molar-refractivity contribution in [3.8, 4) is 0 Å². The highest BCUT2D eigenvalue weighted by Gasteiger charge is 2.14. The molecule has 0 saturated heterocycles. The molecule has 0 bridgehead atoms. The van der Waals surface area contributed by atoms with E-state index in [2.05, 4.69) is 26.9 Å². The van der Waals surface area contributed by atoms with Gasteiger partial charge in [0, 0.05) is 11.9 Å². The van der Waals surface area contributed by atoms with Crippen molar-refractivity contribution in [1.29, 1.82) is 0 Å². The first-order valence-corrected chi connectivity index (χ1v) is 6.97. The number of carbonyl (C=O) groups is 1. The number of anilines is 1. The summed E-state index contributed by atoms with van der Waals surface area (Å²) in [6.45, 7) is 0.445. The summed E-state index contributed by atoms with van der Waals surface area (Å²) in [4.78, 5) is 11.9. The van der Waals surface area contributed by atoms with Gasteiger partial charge in [-0.05, 0) is 48.9 Å². The number of aromatic nitrogens is 2. The van der Waals surface area contributed by atoms with Crippen molar-refractivity contribution in [2.75, 3.05) is 5.32 Å². The second-order valence-electron chi connectivity index (χ2n) is 5.04. The summed E-state index contributed by atoms with van der Waals surface area (Å²) in [6, 6.07) is 7.79. The molecule has 0 unspecified atom stereocenters. The van der Waals surface area contributed by atoms with Gasteiger partial charge in [-0.2, -0.15) is 5.10 Å². The number of H-pyrrole nitrogens is 1. The third kappa shape index (κ3) is 2.82. The Balaban J connectivity index is 1.64. The minimum atomic E-state index is -0.182. The highest BCUT2D eigenvalue weighted by atomic mass is 16.2. The molecule has 2 aromatic rings. The minimum absolute atomic E-state index is 0.182. The van der Waals surface area contributed by atoms with Crippen LogP contribution in [0.2, 0.25) is 0 Å². The van der Waals surface area contributed by atoms with Crippen LogP contribution in [0.15, 0.2) is 30.5 Å². The first kappa shape index (κ1) is 12.7. The van der Waals surface area contributed by atoms with Crippen molar-refractivity contribution in [2.45, 2.75) is 32.2 Å². The van der Waals surface area contributed by atoms with E-state index < -0.39 is 0 Å². The molecule has 5 nitrogen and oxygen atoms in total. The first-order valence-electron chi connectivity index (χ1n) is 6.97. The maximum atomic E-state index is 11.9. The van der Waals surface area contributed by atoms with Gasteiger partial charge in [-0.3, -0.25) is 5.10 Å². The molecule has 1 aromatic carbocycles. The molecule has 20 heavy (non-hydrogen) atoms. The molecule has 1 aliphatic carbocycles. The largest absolute Gasteiger partial charge is 0.332 e. The molecule has 0 radical (unpaired) electrons. The zero-order valence-corrected chi connectivity index (χ0v) is 11.3. The van der Waals surface area contributed by atoms with Crippen molar-refractivity contribution in [2.24, 2.45) is 0 Å². The lowest BCUT2D eigenvalue weighted by molar-refractivity contribution is 0.251. The van der Waals surface area contributed by atoms with Gasteiger partial charge in [-0.25, -0.2) is 4.79 Å². The van der Waals surface area contributed by atoms with Gasteiger partial charge in [0.05, 0.1) is 12.2 Å². The average Bonchev–Trinajstić information content (AvgIpc) is 2.99. The van der Waals surface area contributed by atoms with Gasteiger partial charge >= 0.3 is 6.03 Å². The van der Waals surface area contributed by atoms with E-state index in [9.17, 15) is 4.79 Å². The zero-order valence-electron chi connectivity index (χ0n) is 11.3. The molecular formula is C15H18N4O. The van der Waals surface area contributed by atoms with Crippen LogP contribution >= 0.6 is 0 Å². The number of urea groups is 1. The van der Waals surface area contributed by atoms with E-state index in [1.165, 1.54) is 24.0 Å². The summed E-state index contributed by atoms with van der Waals surface area (Å²) in [5.41, 5.74) is 4.47. The Labute approximate surface area is 117 Å². The lowest BCUT2D eigenvalue weighted by atomic mass is 9.90. The number of hydrogen-bond acceptors (Lipinski definition) is 2. The SMILES string of the molecule is O=C(NCc1ccn[nH]1)Nc1cccc2c1CCCC2. The van der Waals surface area contributed by atoms with Gasteiger partial charge in [0.25, 0.3) is 0 Å². The normalized spacial score (nSPS) is 13.6. The fourth-order valence-corrected chi connectivity index (χ4v) is 2.62. The number of benzene rings is 1. The molecule has 1 aliphatic rings. The van der Waals surface area contributed by atoms with Crippen LogP contribution in [0.1, 0.15) is 29.7 Å². The monoisotopic (exact) mass is 270 g/mol. The van der Waals surface area contributed by atoms with Gasteiger partial charge < -0.3 is 10.6 Å². The zero-order chi connectivity index (χ0) is 13.8. The average molecular weight is 270 g/mol. The van der Waals surface area contributed by atoms with E-state index in [1.54, 1.807) is 6.20 Å². The number of aryl methyl sites for hydroxylation is 1. The van der Waals surface area contributed by atoms with Crippen molar-refractivity contribution in [3.05, 3.63) is 47.3 Å². The molecule has 0 atom stereocenters. The summed E-state index contributed by atoms with van der Waals surface area (Å²) in [5, 5.41) is 12.4. The summed E-state index contributed by atoms with van der Waals surface area (Å²) in [6.07, 6.45) is 6.26. The van der Waals surface area contributed by atoms with Crippen LogP contribution in [-0.2, 0) is 19.4 Å². The molecule has 0 spiro atoms. The number of hydrogen-bond donors (Lipinski definition) is 3. The smallest absolute Gasteiger partial charge is 0.319 e. The Kier molecular flexibility index (Phi) is 3.67. The van der Waals surface area contributed by atoms with Crippen molar-refractivity contribution in [3.63, 3.8) is 0 Å². The molecule has 5 heteroatoms. The van der Waals surface area contributed by atoms with Crippen LogP contribution in [0.3, 0.4) is 0 Å². The number of rotatable bonds is 3. The highest BCUT2D eigenvalue weighted by Crippen LogP contribution is 2.27. The van der Waals surface area contributed by atoms with E-state index in [-0.39, 0.29) is 6.03 Å². The highest BCUT2D eigenvalue weighted by molar-refractivity contribution is 5.90. The molecule has 0 saturated carbocycles. The van der Waals surface area contributed by atoms with Crippen LogP contribution < -0.4 is 10.6 Å². The van der Waals surface area contributed by atoms with Gasteiger partial charge in [-0.1, -0.05) is 12.1 Å². The predicted molar refractivity (Wildman–Crippen MR) is 77.5 cm³/mol. The molecule has 3 N–H and O–H groups in total. The van der Waals surface area contributed by atoms with Gasteiger partial charge in [0.15, 0.2) is 0 Å². The fourth-order valence-electron chi connectivity index (χ4n) is 2.62. The van der Waals surface area contributed by atoms with Crippen LogP contribution in [0.5, 0.6) is 0 Å². The lowest BCUT2D eigenvalue weighted by Gasteiger charge is -2.19. The molecule has 0 fully saturated rings. The minimum Gasteiger partial charge on any atom is -0.332 e. The lowest BCUT2D eigenvalue weighted by Crippen LogP contribution is -2.29. The second kappa shape index (κ2) is 5.77. The number of nitrogens with zero attached hydrogens (tertiary/aromatic N) is 1. The summed E-state index contributed by atoms with van der Waals surface area (Å²) >= 11 is 0. The van der Waals surface area contributed by atoms with E-state index >= 15 is 0 Å². The van der Waals surface area contributed by atoms with Crippen LogP contribution in [-0.4, -0.2) is 16.2 Å². The van der Waals surface area contributed by atoms with E-state index in [4.69, 9.17) is 0 Å². The number of aromatic amines is 1. The Morgan fingerprint density at radius 2 is 2.15 bits per heavy atom. The van der Waals surface area contributed by atoms with Crippen molar-refractivity contribution >= 4 is 11.7 Å². The summed E-state index contributed by atoms with van der Waals surface area (Å²) < 4.78 is 0. The summed E-state index contributed by atoms with van der Waals surface area (Å²) in [7, 11) is 0.